The van der Waals surface area contributed by atoms with Gasteiger partial charge in [0.2, 0.25) is 0 Å². The monoisotopic (exact) mass is 161 g/mol. The maximum absolute atomic E-state index is 11.7. The molecule has 1 heterocycles. The summed E-state index contributed by atoms with van der Waals surface area (Å²) in [5.41, 5.74) is 0. The Balaban J connectivity index is 2.09. The van der Waals surface area contributed by atoms with Crippen molar-refractivity contribution in [1.82, 2.24) is 5.32 Å². The molecule has 0 spiro atoms. The van der Waals surface area contributed by atoms with E-state index in [1.165, 1.54) is 0 Å². The summed E-state index contributed by atoms with van der Waals surface area (Å²) < 4.78 is 16.9. The number of nitrogens with one attached hydrogen (secondary N) is 1. The second kappa shape index (κ2) is 4.67. The van der Waals surface area contributed by atoms with Crippen LogP contribution in [-0.4, -0.2) is 32.0 Å². The first-order chi connectivity index (χ1) is 5.36. The summed E-state index contributed by atoms with van der Waals surface area (Å²) in [6.07, 6.45) is 2.42. The lowest BCUT2D eigenvalue weighted by Gasteiger charge is -2.08. The Morgan fingerprint density at radius 3 is 3.00 bits per heavy atom. The van der Waals surface area contributed by atoms with E-state index in [9.17, 15) is 4.39 Å². The standard InChI is InChI=1S/C8H16FNO/c1-2-7-5-8(6-10-7)11-4-3-9/h7-8,10H,2-6H2,1H3/t7-,8+/m1/s1. The van der Waals surface area contributed by atoms with Crippen molar-refractivity contribution in [3.8, 4) is 0 Å². The summed E-state index contributed by atoms with van der Waals surface area (Å²) in [7, 11) is 0. The molecule has 0 amide bonds. The van der Waals surface area contributed by atoms with Crippen LogP contribution in [-0.2, 0) is 4.74 Å². The van der Waals surface area contributed by atoms with Gasteiger partial charge in [0.1, 0.15) is 6.67 Å². The Hall–Kier alpha value is -0.150. The normalized spacial score (nSPS) is 31.1. The third-order valence-corrected chi connectivity index (χ3v) is 2.11. The van der Waals surface area contributed by atoms with Gasteiger partial charge >= 0.3 is 0 Å². The van der Waals surface area contributed by atoms with Gasteiger partial charge in [0.25, 0.3) is 0 Å². The van der Waals surface area contributed by atoms with E-state index in [1.54, 1.807) is 0 Å². The van der Waals surface area contributed by atoms with Crippen molar-refractivity contribution in [3.05, 3.63) is 0 Å². The highest BCUT2D eigenvalue weighted by Crippen LogP contribution is 2.12. The van der Waals surface area contributed by atoms with E-state index in [0.29, 0.717) is 6.04 Å². The van der Waals surface area contributed by atoms with Gasteiger partial charge in [-0.15, -0.1) is 0 Å². The Bertz CT molecular complexity index is 110. The van der Waals surface area contributed by atoms with Crippen molar-refractivity contribution >= 4 is 0 Å². The average Bonchev–Trinajstić information content (AvgIpc) is 2.48. The fourth-order valence-electron chi connectivity index (χ4n) is 1.43. The number of hydrogen-bond acceptors (Lipinski definition) is 2. The lowest BCUT2D eigenvalue weighted by Crippen LogP contribution is -2.20. The molecule has 2 atom stereocenters. The molecule has 0 radical (unpaired) electrons. The molecule has 0 unspecified atom stereocenters. The molecule has 11 heavy (non-hydrogen) atoms. The molecule has 0 aromatic carbocycles. The lowest BCUT2D eigenvalue weighted by atomic mass is 10.1. The number of alkyl halides is 1. The van der Waals surface area contributed by atoms with Crippen LogP contribution < -0.4 is 5.32 Å². The van der Waals surface area contributed by atoms with Gasteiger partial charge in [-0.2, -0.15) is 0 Å². The van der Waals surface area contributed by atoms with Crippen LogP contribution in [0.1, 0.15) is 19.8 Å². The van der Waals surface area contributed by atoms with Crippen LogP contribution in [0.25, 0.3) is 0 Å². The van der Waals surface area contributed by atoms with E-state index in [1.807, 2.05) is 0 Å². The zero-order valence-electron chi connectivity index (χ0n) is 6.98. The Morgan fingerprint density at radius 2 is 2.45 bits per heavy atom. The van der Waals surface area contributed by atoms with Crippen molar-refractivity contribution in [2.75, 3.05) is 19.8 Å². The summed E-state index contributed by atoms with van der Waals surface area (Å²) in [4.78, 5) is 0. The van der Waals surface area contributed by atoms with Gasteiger partial charge in [0.05, 0.1) is 12.7 Å². The second-order valence-corrected chi connectivity index (χ2v) is 2.93. The van der Waals surface area contributed by atoms with Gasteiger partial charge in [-0.3, -0.25) is 0 Å². The molecular formula is C8H16FNO. The van der Waals surface area contributed by atoms with Gasteiger partial charge < -0.3 is 10.1 Å². The van der Waals surface area contributed by atoms with E-state index in [-0.39, 0.29) is 19.4 Å². The summed E-state index contributed by atoms with van der Waals surface area (Å²) in [6, 6.07) is 0.583. The number of hydrogen-bond donors (Lipinski definition) is 1. The van der Waals surface area contributed by atoms with Crippen LogP contribution in [0.4, 0.5) is 4.39 Å². The van der Waals surface area contributed by atoms with E-state index in [4.69, 9.17) is 4.74 Å². The Kier molecular flexibility index (Phi) is 3.80. The zero-order valence-corrected chi connectivity index (χ0v) is 6.98. The molecule has 1 N–H and O–H groups in total. The molecule has 1 rings (SSSR count). The third kappa shape index (κ3) is 2.75. The highest BCUT2D eigenvalue weighted by atomic mass is 19.1. The molecule has 0 bridgehead atoms. The van der Waals surface area contributed by atoms with Gasteiger partial charge in [-0.05, 0) is 12.8 Å². The zero-order chi connectivity index (χ0) is 8.10. The van der Waals surface area contributed by atoms with E-state index >= 15 is 0 Å². The summed E-state index contributed by atoms with van der Waals surface area (Å²) in [5.74, 6) is 0. The van der Waals surface area contributed by atoms with Crippen molar-refractivity contribution in [3.63, 3.8) is 0 Å². The first-order valence-corrected chi connectivity index (χ1v) is 4.27. The summed E-state index contributed by atoms with van der Waals surface area (Å²) in [5, 5.41) is 3.32. The van der Waals surface area contributed by atoms with Crippen LogP contribution in [0.3, 0.4) is 0 Å². The molecule has 1 fully saturated rings. The summed E-state index contributed by atoms with van der Waals surface area (Å²) >= 11 is 0. The topological polar surface area (TPSA) is 21.3 Å². The molecule has 1 saturated heterocycles. The SMILES string of the molecule is CC[C@@H]1C[C@H](OCCF)CN1. The van der Waals surface area contributed by atoms with E-state index in [0.717, 1.165) is 19.4 Å². The van der Waals surface area contributed by atoms with E-state index < -0.39 is 0 Å². The smallest absolute Gasteiger partial charge is 0.113 e. The first-order valence-electron chi connectivity index (χ1n) is 4.27. The molecule has 2 nitrogen and oxygen atoms in total. The minimum atomic E-state index is -0.368. The Morgan fingerprint density at radius 1 is 1.64 bits per heavy atom. The maximum atomic E-state index is 11.7. The van der Waals surface area contributed by atoms with Gasteiger partial charge in [0.15, 0.2) is 0 Å². The molecule has 1 aliphatic rings. The fraction of sp³-hybridized carbons (Fsp3) is 1.00. The second-order valence-electron chi connectivity index (χ2n) is 2.93. The minimum absolute atomic E-state index is 0.246. The number of ether oxygens (including phenoxy) is 1. The number of halogens is 1. The van der Waals surface area contributed by atoms with E-state index in [2.05, 4.69) is 12.2 Å². The van der Waals surface area contributed by atoms with Crippen LogP contribution in [0.15, 0.2) is 0 Å². The van der Waals surface area contributed by atoms with Gasteiger partial charge in [0, 0.05) is 12.6 Å². The highest BCUT2D eigenvalue weighted by molar-refractivity contribution is 4.80. The molecule has 0 saturated carbocycles. The van der Waals surface area contributed by atoms with Crippen molar-refractivity contribution in [2.45, 2.75) is 31.9 Å². The molecule has 0 aliphatic carbocycles. The van der Waals surface area contributed by atoms with Crippen molar-refractivity contribution in [2.24, 2.45) is 0 Å². The maximum Gasteiger partial charge on any atom is 0.113 e. The molecule has 0 aromatic heterocycles. The predicted molar refractivity (Wildman–Crippen MR) is 42.4 cm³/mol. The van der Waals surface area contributed by atoms with Crippen molar-refractivity contribution in [1.29, 1.82) is 0 Å². The lowest BCUT2D eigenvalue weighted by molar-refractivity contribution is 0.0557. The van der Waals surface area contributed by atoms with Gasteiger partial charge in [-0.25, -0.2) is 4.39 Å². The predicted octanol–water partition coefficient (Wildman–Crippen LogP) is 1.11. The molecule has 66 valence electrons. The highest BCUT2D eigenvalue weighted by Gasteiger charge is 2.22. The first kappa shape index (κ1) is 8.94. The van der Waals surface area contributed by atoms with Crippen LogP contribution in [0.5, 0.6) is 0 Å². The summed E-state index contributed by atoms with van der Waals surface area (Å²) in [6.45, 7) is 2.92. The Labute approximate surface area is 67.1 Å². The van der Waals surface area contributed by atoms with Gasteiger partial charge in [-0.1, -0.05) is 6.92 Å². The largest absolute Gasteiger partial charge is 0.374 e. The quantitative estimate of drug-likeness (QED) is 0.667. The molecule has 3 heteroatoms. The van der Waals surface area contributed by atoms with Crippen LogP contribution in [0, 0.1) is 0 Å². The van der Waals surface area contributed by atoms with Crippen LogP contribution in [0.2, 0.25) is 0 Å². The molecule has 0 aromatic rings. The van der Waals surface area contributed by atoms with Crippen molar-refractivity contribution < 1.29 is 9.13 Å². The molecular weight excluding hydrogens is 145 g/mol. The average molecular weight is 161 g/mol. The van der Waals surface area contributed by atoms with Crippen LogP contribution >= 0.6 is 0 Å². The third-order valence-electron chi connectivity index (χ3n) is 2.11. The minimum Gasteiger partial charge on any atom is -0.374 e. The molecule has 1 aliphatic heterocycles. The number of rotatable bonds is 4. The fourth-order valence-corrected chi connectivity index (χ4v) is 1.43.